The maximum absolute atomic E-state index is 12.3. The van der Waals surface area contributed by atoms with Crippen molar-refractivity contribution in [3.05, 3.63) is 60.2 Å². The van der Waals surface area contributed by atoms with Crippen LogP contribution in [-0.4, -0.2) is 11.3 Å². The molecule has 2 aromatic carbocycles. The molecule has 2 rings (SSSR count). The second-order valence-electron chi connectivity index (χ2n) is 3.93. The van der Waals surface area contributed by atoms with Crippen molar-refractivity contribution in [2.75, 3.05) is 0 Å². The molecule has 2 aromatic rings. The lowest BCUT2D eigenvalue weighted by atomic mass is 10.0. The van der Waals surface area contributed by atoms with Crippen molar-refractivity contribution in [1.82, 2.24) is 0 Å². The van der Waals surface area contributed by atoms with Gasteiger partial charge in [0.2, 0.25) is 0 Å². The van der Waals surface area contributed by atoms with E-state index in [9.17, 15) is 13.2 Å². The standard InChI is InChI=1S/C14H11F3O/c15-14(16,17)13(18)12-8-6-11(7-9-12)10-4-2-1-3-5-10/h1-9,13,18H/t13-/m1/s1. The van der Waals surface area contributed by atoms with E-state index in [1.807, 2.05) is 30.3 Å². The van der Waals surface area contributed by atoms with Crippen LogP contribution in [0, 0.1) is 0 Å². The number of alkyl halides is 3. The zero-order valence-electron chi connectivity index (χ0n) is 9.35. The van der Waals surface area contributed by atoms with Crippen molar-refractivity contribution >= 4 is 0 Å². The number of halogens is 3. The Morgan fingerprint density at radius 2 is 1.28 bits per heavy atom. The van der Waals surface area contributed by atoms with Crippen LogP contribution < -0.4 is 0 Å². The molecule has 0 radical (unpaired) electrons. The molecule has 0 aliphatic heterocycles. The van der Waals surface area contributed by atoms with Gasteiger partial charge in [0.25, 0.3) is 0 Å². The lowest BCUT2D eigenvalue weighted by Gasteiger charge is -2.15. The monoisotopic (exact) mass is 252 g/mol. The summed E-state index contributed by atoms with van der Waals surface area (Å²) in [5.74, 6) is 0. The van der Waals surface area contributed by atoms with Gasteiger partial charge in [-0.05, 0) is 16.7 Å². The van der Waals surface area contributed by atoms with E-state index >= 15 is 0 Å². The Balaban J connectivity index is 2.26. The van der Waals surface area contributed by atoms with E-state index in [4.69, 9.17) is 5.11 Å². The summed E-state index contributed by atoms with van der Waals surface area (Å²) in [6, 6.07) is 15.0. The second kappa shape index (κ2) is 4.82. The first kappa shape index (κ1) is 12.6. The number of benzene rings is 2. The molecule has 1 N–H and O–H groups in total. The van der Waals surface area contributed by atoms with Crippen LogP contribution in [0.5, 0.6) is 0 Å². The van der Waals surface area contributed by atoms with Crippen molar-refractivity contribution in [2.24, 2.45) is 0 Å². The van der Waals surface area contributed by atoms with Gasteiger partial charge in [-0.3, -0.25) is 0 Å². The SMILES string of the molecule is O[C@H](c1ccc(-c2ccccc2)cc1)C(F)(F)F. The molecule has 4 heteroatoms. The third-order valence-corrected chi connectivity index (χ3v) is 2.64. The van der Waals surface area contributed by atoms with E-state index in [1.165, 1.54) is 12.1 Å². The molecule has 0 saturated carbocycles. The molecule has 0 fully saturated rings. The van der Waals surface area contributed by atoms with Gasteiger partial charge in [0, 0.05) is 0 Å². The van der Waals surface area contributed by atoms with Crippen molar-refractivity contribution in [3.8, 4) is 11.1 Å². The van der Waals surface area contributed by atoms with E-state index in [1.54, 1.807) is 12.1 Å². The minimum Gasteiger partial charge on any atom is -0.379 e. The van der Waals surface area contributed by atoms with Gasteiger partial charge in [-0.15, -0.1) is 0 Å². The number of hydrogen-bond donors (Lipinski definition) is 1. The number of aliphatic hydroxyl groups is 1. The van der Waals surface area contributed by atoms with E-state index in [2.05, 4.69) is 0 Å². The fraction of sp³-hybridized carbons (Fsp3) is 0.143. The lowest BCUT2D eigenvalue weighted by Crippen LogP contribution is -2.19. The maximum Gasteiger partial charge on any atom is 0.418 e. The van der Waals surface area contributed by atoms with Crippen LogP contribution in [0.3, 0.4) is 0 Å². The first-order valence-electron chi connectivity index (χ1n) is 5.38. The summed E-state index contributed by atoms with van der Waals surface area (Å²) >= 11 is 0. The zero-order valence-corrected chi connectivity index (χ0v) is 9.35. The van der Waals surface area contributed by atoms with Crippen molar-refractivity contribution in [2.45, 2.75) is 12.3 Å². The van der Waals surface area contributed by atoms with Crippen molar-refractivity contribution in [1.29, 1.82) is 0 Å². The normalized spacial score (nSPS) is 13.3. The topological polar surface area (TPSA) is 20.2 Å². The van der Waals surface area contributed by atoms with Crippen LogP contribution in [0.1, 0.15) is 11.7 Å². The average molecular weight is 252 g/mol. The summed E-state index contributed by atoms with van der Waals surface area (Å²) in [7, 11) is 0. The second-order valence-corrected chi connectivity index (χ2v) is 3.93. The molecule has 0 aliphatic rings. The fourth-order valence-corrected chi connectivity index (χ4v) is 1.68. The van der Waals surface area contributed by atoms with Gasteiger partial charge in [-0.1, -0.05) is 54.6 Å². The predicted octanol–water partition coefficient (Wildman–Crippen LogP) is 3.95. The third kappa shape index (κ3) is 2.71. The minimum absolute atomic E-state index is 0.151. The van der Waals surface area contributed by atoms with Crippen LogP contribution in [0.15, 0.2) is 54.6 Å². The summed E-state index contributed by atoms with van der Waals surface area (Å²) in [5.41, 5.74) is 1.58. The van der Waals surface area contributed by atoms with Crippen molar-refractivity contribution in [3.63, 3.8) is 0 Å². The molecule has 94 valence electrons. The van der Waals surface area contributed by atoms with Gasteiger partial charge in [0.15, 0.2) is 6.10 Å². The molecule has 0 aliphatic carbocycles. The molecule has 0 saturated heterocycles. The Bertz CT molecular complexity index is 503. The van der Waals surface area contributed by atoms with E-state index in [-0.39, 0.29) is 5.56 Å². The molecule has 0 aromatic heterocycles. The van der Waals surface area contributed by atoms with Crippen LogP contribution in [0.2, 0.25) is 0 Å². The molecule has 0 bridgehead atoms. The van der Waals surface area contributed by atoms with Crippen LogP contribution in [0.25, 0.3) is 11.1 Å². The Hall–Kier alpha value is -1.81. The summed E-state index contributed by atoms with van der Waals surface area (Å²) in [6.07, 6.45) is -7.06. The molecule has 1 atom stereocenters. The first-order valence-corrected chi connectivity index (χ1v) is 5.38. The van der Waals surface area contributed by atoms with Gasteiger partial charge in [0.05, 0.1) is 0 Å². The van der Waals surface area contributed by atoms with Gasteiger partial charge in [-0.2, -0.15) is 13.2 Å². The van der Waals surface area contributed by atoms with Gasteiger partial charge in [-0.25, -0.2) is 0 Å². The Morgan fingerprint density at radius 3 is 1.78 bits per heavy atom. The molecule has 0 amide bonds. The highest BCUT2D eigenvalue weighted by Crippen LogP contribution is 2.33. The third-order valence-electron chi connectivity index (χ3n) is 2.64. The molecule has 18 heavy (non-hydrogen) atoms. The highest BCUT2D eigenvalue weighted by molar-refractivity contribution is 5.63. The molecule has 0 spiro atoms. The van der Waals surface area contributed by atoms with E-state index in [0.717, 1.165) is 11.1 Å². The Morgan fingerprint density at radius 1 is 0.778 bits per heavy atom. The van der Waals surface area contributed by atoms with Crippen molar-refractivity contribution < 1.29 is 18.3 Å². The maximum atomic E-state index is 12.3. The van der Waals surface area contributed by atoms with Gasteiger partial charge < -0.3 is 5.11 Å². The smallest absolute Gasteiger partial charge is 0.379 e. The molecule has 1 nitrogen and oxygen atoms in total. The van der Waals surface area contributed by atoms with E-state index in [0.29, 0.717) is 0 Å². The lowest BCUT2D eigenvalue weighted by molar-refractivity contribution is -0.206. The molecular weight excluding hydrogens is 241 g/mol. The molecule has 0 heterocycles. The summed E-state index contributed by atoms with van der Waals surface area (Å²) < 4.78 is 36.9. The van der Waals surface area contributed by atoms with Gasteiger partial charge in [0.1, 0.15) is 0 Å². The average Bonchev–Trinajstić information content (AvgIpc) is 2.38. The summed E-state index contributed by atoms with van der Waals surface area (Å²) in [6.45, 7) is 0. The predicted molar refractivity (Wildman–Crippen MR) is 62.9 cm³/mol. The largest absolute Gasteiger partial charge is 0.418 e. The minimum atomic E-state index is -4.63. The molecule has 0 unspecified atom stereocenters. The first-order chi connectivity index (χ1) is 8.48. The summed E-state index contributed by atoms with van der Waals surface area (Å²) in [4.78, 5) is 0. The number of aliphatic hydroxyl groups excluding tert-OH is 1. The fourth-order valence-electron chi connectivity index (χ4n) is 1.68. The zero-order chi connectivity index (χ0) is 13.2. The Labute approximate surface area is 103 Å². The highest BCUT2D eigenvalue weighted by Gasteiger charge is 2.39. The van der Waals surface area contributed by atoms with Gasteiger partial charge >= 0.3 is 6.18 Å². The number of hydrogen-bond acceptors (Lipinski definition) is 1. The number of rotatable bonds is 2. The Kier molecular flexibility index (Phi) is 3.39. The van der Waals surface area contributed by atoms with Crippen LogP contribution in [0.4, 0.5) is 13.2 Å². The highest BCUT2D eigenvalue weighted by atomic mass is 19.4. The van der Waals surface area contributed by atoms with Crippen LogP contribution in [-0.2, 0) is 0 Å². The van der Waals surface area contributed by atoms with Crippen LogP contribution >= 0.6 is 0 Å². The quantitative estimate of drug-likeness (QED) is 0.858. The molecular formula is C14H11F3O. The van der Waals surface area contributed by atoms with E-state index < -0.39 is 12.3 Å². The summed E-state index contributed by atoms with van der Waals surface area (Å²) in [5, 5.41) is 9.09.